The number of alkyl halides is 2. The summed E-state index contributed by atoms with van der Waals surface area (Å²) in [6, 6.07) is -3.69. The first-order valence-electron chi connectivity index (χ1n) is 36.5. The van der Waals surface area contributed by atoms with Gasteiger partial charge in [-0.15, -0.1) is 0 Å². The van der Waals surface area contributed by atoms with Crippen LogP contribution in [0.5, 0.6) is 0 Å². The number of unbranched alkanes of at least 4 members (excludes halogenated alkanes) is 1. The highest BCUT2D eigenvalue weighted by atomic mass is 19.3. The summed E-state index contributed by atoms with van der Waals surface area (Å²) in [6.45, 7) is 20.0. The molecule has 0 bridgehead atoms. The number of rotatable bonds is 19. The Kier molecular flexibility index (Phi) is 34.5. The second-order valence-corrected chi connectivity index (χ2v) is 30.4. The van der Waals surface area contributed by atoms with Crippen molar-refractivity contribution in [2.45, 2.75) is 252 Å². The van der Waals surface area contributed by atoms with Crippen molar-refractivity contribution in [3.05, 3.63) is 35.9 Å². The molecular weight excluding hydrogens is 1300 g/mol. The summed E-state index contributed by atoms with van der Waals surface area (Å²) in [7, 11) is 8.41. The molecule has 3 aliphatic rings. The zero-order valence-electron chi connectivity index (χ0n) is 63.6. The van der Waals surface area contributed by atoms with Crippen LogP contribution in [0.3, 0.4) is 0 Å². The molecule has 572 valence electrons. The fourth-order valence-electron chi connectivity index (χ4n) is 13.6. The third-order valence-corrected chi connectivity index (χ3v) is 19.7. The maximum atomic E-state index is 15.4. The van der Waals surface area contributed by atoms with Crippen molar-refractivity contribution in [3.63, 3.8) is 0 Å². The molecule has 7 N–H and O–H groups in total. The number of nitrogens with zero attached hydrogens (tertiary/aromatic N) is 8. The van der Waals surface area contributed by atoms with E-state index < -0.39 is 188 Å². The van der Waals surface area contributed by atoms with Crippen molar-refractivity contribution in [2.75, 3.05) is 81.6 Å². The molecule has 1 aromatic carbocycles. The van der Waals surface area contributed by atoms with Crippen LogP contribution in [-0.2, 0) is 59.2 Å². The SMILES string of the molecule is CCCCN1CC(=O)N(C)[C@@H](Cc2ccccc2)C(=O)N(C)[C@@H](CC(C)C)C(=O)N[C@@H](C(C)C)C(=O)N(C)[C@@H](CC(C)C)C(O)N[C@H](C(=O)N2CCCCC2)CC(=O)N(C)CC(=O)N(C)[C@@H](C(C)C)C(=O)N[C@@H](CCC[C@@H]2CC(F)(F)CN2)C(=O)N(C)[C@@H](CC(C)C)C(=O)N[C@@H]([C@@H](C)O)C1=O. The van der Waals surface area contributed by atoms with Crippen LogP contribution in [0.15, 0.2) is 30.3 Å². The average Bonchev–Trinajstić information content (AvgIpc) is 1.43. The van der Waals surface area contributed by atoms with Crippen LogP contribution in [0.4, 0.5) is 8.78 Å². The van der Waals surface area contributed by atoms with Gasteiger partial charge in [0, 0.05) is 80.8 Å². The number of carbonyl (C=O) groups is 11. The summed E-state index contributed by atoms with van der Waals surface area (Å²) >= 11 is 0. The van der Waals surface area contributed by atoms with Crippen LogP contribution in [0.1, 0.15) is 172 Å². The Morgan fingerprint density at radius 3 is 1.66 bits per heavy atom. The second-order valence-electron chi connectivity index (χ2n) is 30.4. The van der Waals surface area contributed by atoms with E-state index in [1.54, 1.807) is 76.8 Å². The molecule has 28 heteroatoms. The maximum Gasteiger partial charge on any atom is 0.261 e. The topological polar surface area (TPSA) is 314 Å². The first-order chi connectivity index (χ1) is 47.2. The molecule has 26 nitrogen and oxygen atoms in total. The smallest absolute Gasteiger partial charge is 0.261 e. The van der Waals surface area contributed by atoms with Gasteiger partial charge in [-0.3, -0.25) is 58.1 Å². The third kappa shape index (κ3) is 25.5. The van der Waals surface area contributed by atoms with Gasteiger partial charge < -0.3 is 70.7 Å². The maximum absolute atomic E-state index is 15.4. The van der Waals surface area contributed by atoms with E-state index in [1.807, 2.05) is 34.6 Å². The van der Waals surface area contributed by atoms with Gasteiger partial charge in [0.05, 0.1) is 44.2 Å². The van der Waals surface area contributed by atoms with Gasteiger partial charge in [-0.1, -0.05) is 113 Å². The molecular formula is C73H123F2N13O13. The molecule has 1 unspecified atom stereocenters. The molecule has 4 rings (SSSR count). The molecule has 3 heterocycles. The minimum absolute atomic E-state index is 0.00133. The number of hydrogen-bond acceptors (Lipinski definition) is 15. The van der Waals surface area contributed by atoms with Crippen LogP contribution >= 0.6 is 0 Å². The van der Waals surface area contributed by atoms with E-state index in [-0.39, 0.29) is 69.2 Å². The number of benzene rings is 1. The number of piperidine rings is 1. The van der Waals surface area contributed by atoms with Gasteiger partial charge >= 0.3 is 0 Å². The molecule has 0 aliphatic carbocycles. The van der Waals surface area contributed by atoms with Gasteiger partial charge in [-0.2, -0.15) is 0 Å². The number of amides is 11. The lowest BCUT2D eigenvalue weighted by atomic mass is 9.96. The summed E-state index contributed by atoms with van der Waals surface area (Å²) in [4.78, 5) is 174. The molecule has 12 atom stereocenters. The molecule has 0 radical (unpaired) electrons. The van der Waals surface area contributed by atoms with E-state index in [1.165, 1.54) is 68.8 Å². The van der Waals surface area contributed by atoms with E-state index in [0.29, 0.717) is 44.3 Å². The van der Waals surface area contributed by atoms with Crippen LogP contribution < -0.4 is 26.6 Å². The number of aliphatic hydroxyl groups is 2. The minimum Gasteiger partial charge on any atom is -0.391 e. The van der Waals surface area contributed by atoms with Gasteiger partial charge in [-0.25, -0.2) is 8.78 Å². The van der Waals surface area contributed by atoms with Crippen LogP contribution in [0, 0.1) is 29.6 Å². The summed E-state index contributed by atoms with van der Waals surface area (Å²) < 4.78 is 28.9. The van der Waals surface area contributed by atoms with Crippen LogP contribution in [0.2, 0.25) is 0 Å². The Labute approximate surface area is 598 Å². The van der Waals surface area contributed by atoms with Gasteiger partial charge in [0.1, 0.15) is 48.5 Å². The van der Waals surface area contributed by atoms with Crippen molar-refractivity contribution < 1.29 is 71.7 Å². The zero-order valence-corrected chi connectivity index (χ0v) is 63.6. The standard InChI is InChI=1S/C73H123F2N13O13/c1-19-20-32-88-42-60(92)82(14)57(38-50-28-23-21-24-29-50)70(99)84(16)56(37-46(6)7)65(94)79-61(47(8)9)71(100)85(17)54(35-44(2)3)64(93)78-53(69(98)87-33-25-22-26-34-87)39-58(90)81(13)41-59(91)86(18)63(48(10)11)67(96)77-52(31-27-30-51-40-73(74,75)43-76-51)68(97)83(15)55(36-45(4)5)66(95)80-62(49(12)89)72(88)101/h21,23-24,28-29,44-49,51-57,61-64,76,78,89,93H,19-20,22,25-27,30-43H2,1-18H3,(H,77,96)(H,79,94)(H,80,95)/t49-,51-,52+,53+,54+,55+,56+,57+,61+,62+,63+,64?/m1/s1. The van der Waals surface area contributed by atoms with E-state index in [2.05, 4.69) is 26.6 Å². The average molecular weight is 1430 g/mol. The third-order valence-electron chi connectivity index (χ3n) is 19.7. The summed E-state index contributed by atoms with van der Waals surface area (Å²) in [5.74, 6) is -12.6. The van der Waals surface area contributed by atoms with E-state index in [4.69, 9.17) is 0 Å². The Morgan fingerprint density at radius 1 is 0.594 bits per heavy atom. The Hall–Kier alpha value is -6.91. The van der Waals surface area contributed by atoms with Crippen molar-refractivity contribution in [1.29, 1.82) is 0 Å². The lowest BCUT2D eigenvalue weighted by molar-refractivity contribution is -0.151. The molecule has 101 heavy (non-hydrogen) atoms. The number of likely N-dealkylation sites (N-methyl/N-ethyl adjacent to an activating group) is 6. The van der Waals surface area contributed by atoms with Gasteiger partial charge in [0.15, 0.2) is 0 Å². The molecule has 1 aromatic rings. The summed E-state index contributed by atoms with van der Waals surface area (Å²) in [5.41, 5.74) is 0.654. The highest BCUT2D eigenvalue weighted by Gasteiger charge is 2.45. The van der Waals surface area contributed by atoms with Crippen molar-refractivity contribution in [3.8, 4) is 0 Å². The number of hydrogen-bond donors (Lipinski definition) is 7. The van der Waals surface area contributed by atoms with E-state index in [0.717, 1.165) is 21.1 Å². The second kappa shape index (κ2) is 40.2. The fourth-order valence-corrected chi connectivity index (χ4v) is 13.6. The van der Waals surface area contributed by atoms with Gasteiger partial charge in [0.25, 0.3) is 5.92 Å². The van der Waals surface area contributed by atoms with Gasteiger partial charge in [0.2, 0.25) is 65.0 Å². The number of carbonyl (C=O) groups excluding carboxylic acids is 11. The van der Waals surface area contributed by atoms with Crippen LogP contribution in [-0.4, -0.2) is 275 Å². The quantitative estimate of drug-likeness (QED) is 0.104. The zero-order chi connectivity index (χ0) is 76.1. The lowest BCUT2D eigenvalue weighted by Gasteiger charge is -2.39. The van der Waals surface area contributed by atoms with E-state index >= 15 is 24.0 Å². The first kappa shape index (κ1) is 86.5. The number of likely N-dealkylation sites (tertiary alicyclic amines) is 1. The molecule has 3 fully saturated rings. The van der Waals surface area contributed by atoms with Gasteiger partial charge in [-0.05, 0) is 106 Å². The Balaban J connectivity index is 1.95. The molecule has 0 saturated carbocycles. The highest BCUT2D eigenvalue weighted by molar-refractivity contribution is 5.98. The summed E-state index contributed by atoms with van der Waals surface area (Å²) in [5, 5.41) is 38.2. The molecule has 11 amide bonds. The minimum atomic E-state index is -2.96. The number of nitrogens with one attached hydrogen (secondary N) is 5. The predicted octanol–water partition coefficient (Wildman–Crippen LogP) is 3.60. The lowest BCUT2D eigenvalue weighted by Crippen LogP contribution is -2.62. The monoisotopic (exact) mass is 1430 g/mol. The number of halogens is 2. The Morgan fingerprint density at radius 2 is 1.15 bits per heavy atom. The summed E-state index contributed by atoms with van der Waals surface area (Å²) in [6.07, 6.45) is -0.629. The largest absolute Gasteiger partial charge is 0.391 e. The van der Waals surface area contributed by atoms with E-state index in [9.17, 15) is 47.8 Å². The predicted molar refractivity (Wildman–Crippen MR) is 381 cm³/mol. The number of aliphatic hydroxyl groups excluding tert-OH is 2. The van der Waals surface area contributed by atoms with Crippen molar-refractivity contribution in [1.82, 2.24) is 65.8 Å². The van der Waals surface area contributed by atoms with Crippen molar-refractivity contribution >= 4 is 65.0 Å². The molecule has 3 aliphatic heterocycles. The van der Waals surface area contributed by atoms with Crippen LogP contribution in [0.25, 0.3) is 0 Å². The molecule has 0 spiro atoms. The molecule has 0 aromatic heterocycles. The van der Waals surface area contributed by atoms with Crippen molar-refractivity contribution in [2.24, 2.45) is 29.6 Å². The normalized spacial score (nSPS) is 27.1. The highest BCUT2D eigenvalue weighted by Crippen LogP contribution is 2.29. The molecule has 3 saturated heterocycles. The Bertz CT molecular complexity index is 2920. The first-order valence-corrected chi connectivity index (χ1v) is 36.5. The fraction of sp³-hybridized carbons (Fsp3) is 0.767.